The summed E-state index contributed by atoms with van der Waals surface area (Å²) in [5, 5.41) is 3.43. The van der Waals surface area contributed by atoms with Crippen molar-refractivity contribution in [2.45, 2.75) is 59.5 Å². The molecule has 0 radical (unpaired) electrons. The Morgan fingerprint density at radius 2 is 2.15 bits per heavy atom. The SMILES string of the molecule is CCCOc1cc(-c2nc(NC(C)=O)sc2CC)cc2c1OC(C)(C)C2. The predicted molar refractivity (Wildman–Crippen MR) is 105 cm³/mol. The molecule has 3 rings (SSSR count). The average molecular weight is 375 g/mol. The van der Waals surface area contributed by atoms with E-state index in [1.807, 2.05) is 6.07 Å². The van der Waals surface area contributed by atoms with E-state index in [2.05, 4.69) is 44.1 Å². The Kier molecular flexibility index (Phi) is 5.23. The first kappa shape index (κ1) is 18.7. The van der Waals surface area contributed by atoms with E-state index in [-0.39, 0.29) is 11.5 Å². The molecule has 6 heteroatoms. The Morgan fingerprint density at radius 3 is 2.81 bits per heavy atom. The Bertz CT molecular complexity index is 827. The minimum absolute atomic E-state index is 0.107. The van der Waals surface area contributed by atoms with Gasteiger partial charge in [-0.15, -0.1) is 11.3 Å². The summed E-state index contributed by atoms with van der Waals surface area (Å²) in [5.41, 5.74) is 2.84. The number of hydrogen-bond acceptors (Lipinski definition) is 5. The van der Waals surface area contributed by atoms with Crippen molar-refractivity contribution in [1.29, 1.82) is 0 Å². The second-order valence-electron chi connectivity index (χ2n) is 7.18. The van der Waals surface area contributed by atoms with Gasteiger partial charge in [-0.2, -0.15) is 0 Å². The summed E-state index contributed by atoms with van der Waals surface area (Å²) in [5.74, 6) is 1.52. The molecule has 0 atom stereocenters. The Hall–Kier alpha value is -2.08. The van der Waals surface area contributed by atoms with Crippen LogP contribution in [0.3, 0.4) is 0 Å². The third-order valence-electron chi connectivity index (χ3n) is 4.16. The average Bonchev–Trinajstić information content (AvgIpc) is 3.10. The van der Waals surface area contributed by atoms with Crippen LogP contribution in [0.2, 0.25) is 0 Å². The highest BCUT2D eigenvalue weighted by atomic mass is 32.1. The number of thiazole rings is 1. The number of amides is 1. The molecule has 140 valence electrons. The van der Waals surface area contributed by atoms with Crippen LogP contribution in [0.25, 0.3) is 11.3 Å². The third-order valence-corrected chi connectivity index (χ3v) is 5.28. The summed E-state index contributed by atoms with van der Waals surface area (Å²) < 4.78 is 12.1. The maximum Gasteiger partial charge on any atom is 0.223 e. The molecule has 1 aromatic carbocycles. The number of ether oxygens (including phenoxy) is 2. The molecule has 1 aromatic heterocycles. The summed E-state index contributed by atoms with van der Waals surface area (Å²) in [4.78, 5) is 17.2. The molecule has 0 bridgehead atoms. The van der Waals surface area contributed by atoms with E-state index in [0.29, 0.717) is 11.7 Å². The van der Waals surface area contributed by atoms with Crippen LogP contribution >= 0.6 is 11.3 Å². The van der Waals surface area contributed by atoms with Crippen LogP contribution in [0.4, 0.5) is 5.13 Å². The molecular weight excluding hydrogens is 348 g/mol. The summed E-state index contributed by atoms with van der Waals surface area (Å²) in [6, 6.07) is 4.16. The zero-order valence-corrected chi connectivity index (χ0v) is 16.9. The lowest BCUT2D eigenvalue weighted by molar-refractivity contribution is -0.114. The van der Waals surface area contributed by atoms with Gasteiger partial charge in [0.05, 0.1) is 12.3 Å². The van der Waals surface area contributed by atoms with Crippen LogP contribution in [0.1, 0.15) is 51.5 Å². The third kappa shape index (κ3) is 3.85. The number of carbonyl (C=O) groups is 1. The van der Waals surface area contributed by atoms with Crippen LogP contribution in [0, 0.1) is 0 Å². The van der Waals surface area contributed by atoms with Crippen LogP contribution in [0.15, 0.2) is 12.1 Å². The van der Waals surface area contributed by atoms with Crippen molar-refractivity contribution < 1.29 is 14.3 Å². The zero-order chi connectivity index (χ0) is 18.9. The lowest BCUT2D eigenvalue weighted by atomic mass is 9.98. The number of nitrogens with zero attached hydrogens (tertiary/aromatic N) is 1. The number of aromatic nitrogens is 1. The number of aryl methyl sites for hydroxylation is 1. The van der Waals surface area contributed by atoms with Gasteiger partial charge < -0.3 is 14.8 Å². The smallest absolute Gasteiger partial charge is 0.223 e. The highest BCUT2D eigenvalue weighted by molar-refractivity contribution is 7.16. The number of benzene rings is 1. The van der Waals surface area contributed by atoms with Crippen LogP contribution < -0.4 is 14.8 Å². The van der Waals surface area contributed by atoms with Gasteiger partial charge in [-0.1, -0.05) is 13.8 Å². The molecule has 1 aliphatic heterocycles. The second kappa shape index (κ2) is 7.27. The molecule has 1 N–H and O–H groups in total. The summed E-state index contributed by atoms with van der Waals surface area (Å²) in [7, 11) is 0. The molecule has 5 nitrogen and oxygen atoms in total. The Balaban J connectivity index is 2.06. The molecule has 2 aromatic rings. The van der Waals surface area contributed by atoms with E-state index >= 15 is 0 Å². The first-order valence-corrected chi connectivity index (χ1v) is 9.91. The fourth-order valence-corrected chi connectivity index (χ4v) is 4.12. The maximum absolute atomic E-state index is 11.4. The molecule has 1 aliphatic rings. The van der Waals surface area contributed by atoms with Gasteiger partial charge in [0.15, 0.2) is 16.6 Å². The molecular formula is C20H26N2O3S. The van der Waals surface area contributed by atoms with E-state index in [1.54, 1.807) is 0 Å². The Labute approximate surface area is 158 Å². The van der Waals surface area contributed by atoms with E-state index < -0.39 is 0 Å². The van der Waals surface area contributed by atoms with E-state index in [1.165, 1.54) is 18.3 Å². The summed E-state index contributed by atoms with van der Waals surface area (Å²) >= 11 is 1.52. The van der Waals surface area contributed by atoms with Crippen LogP contribution in [-0.4, -0.2) is 23.1 Å². The topological polar surface area (TPSA) is 60.5 Å². The van der Waals surface area contributed by atoms with Gasteiger partial charge in [-0.3, -0.25) is 4.79 Å². The van der Waals surface area contributed by atoms with Gasteiger partial charge in [0.1, 0.15) is 5.60 Å². The first-order valence-electron chi connectivity index (χ1n) is 9.09. The number of anilines is 1. The first-order chi connectivity index (χ1) is 12.3. The van der Waals surface area contributed by atoms with Crippen LogP contribution in [-0.2, 0) is 17.6 Å². The van der Waals surface area contributed by atoms with Gasteiger partial charge in [0.2, 0.25) is 5.91 Å². The number of carbonyl (C=O) groups excluding carboxylic acids is 1. The van der Waals surface area contributed by atoms with Crippen molar-refractivity contribution in [3.63, 3.8) is 0 Å². The van der Waals surface area contributed by atoms with Gasteiger partial charge in [0, 0.05) is 29.3 Å². The highest BCUT2D eigenvalue weighted by Crippen LogP contribution is 2.45. The Morgan fingerprint density at radius 1 is 1.38 bits per heavy atom. The molecule has 2 heterocycles. The van der Waals surface area contributed by atoms with Crippen LogP contribution in [0.5, 0.6) is 11.5 Å². The predicted octanol–water partition coefficient (Wildman–Crippen LogP) is 4.83. The van der Waals surface area contributed by atoms with Gasteiger partial charge in [-0.25, -0.2) is 4.98 Å². The fourth-order valence-electron chi connectivity index (χ4n) is 3.16. The van der Waals surface area contributed by atoms with E-state index in [9.17, 15) is 4.79 Å². The van der Waals surface area contributed by atoms with Crippen molar-refractivity contribution in [3.8, 4) is 22.8 Å². The van der Waals surface area contributed by atoms with Gasteiger partial charge in [0.25, 0.3) is 0 Å². The summed E-state index contributed by atoms with van der Waals surface area (Å²) in [6.45, 7) is 10.5. The lowest BCUT2D eigenvalue weighted by Gasteiger charge is -2.18. The van der Waals surface area contributed by atoms with Crippen molar-refractivity contribution in [2.24, 2.45) is 0 Å². The lowest BCUT2D eigenvalue weighted by Crippen LogP contribution is -2.24. The van der Waals surface area contributed by atoms with Crippen molar-refractivity contribution in [3.05, 3.63) is 22.6 Å². The van der Waals surface area contributed by atoms with Crippen molar-refractivity contribution in [2.75, 3.05) is 11.9 Å². The standard InChI is InChI=1S/C20H26N2O3S/c1-6-8-24-15-10-13(9-14-11-20(4,5)25-18(14)15)17-16(7-2)26-19(22-17)21-12(3)23/h9-10H,6-8,11H2,1-5H3,(H,21,22,23). The number of nitrogens with one attached hydrogen (secondary N) is 1. The quantitative estimate of drug-likeness (QED) is 0.786. The van der Waals surface area contributed by atoms with E-state index in [4.69, 9.17) is 9.47 Å². The van der Waals surface area contributed by atoms with Crippen molar-refractivity contribution in [1.82, 2.24) is 4.98 Å². The molecule has 0 unspecified atom stereocenters. The zero-order valence-electron chi connectivity index (χ0n) is 16.1. The van der Waals surface area contributed by atoms with Crippen molar-refractivity contribution >= 4 is 22.4 Å². The highest BCUT2D eigenvalue weighted by Gasteiger charge is 2.33. The largest absolute Gasteiger partial charge is 0.490 e. The second-order valence-corrected chi connectivity index (χ2v) is 8.26. The normalized spacial score (nSPS) is 14.7. The molecule has 0 aliphatic carbocycles. The number of hydrogen-bond donors (Lipinski definition) is 1. The molecule has 1 amide bonds. The van der Waals surface area contributed by atoms with E-state index in [0.717, 1.165) is 52.5 Å². The molecule has 0 saturated carbocycles. The minimum atomic E-state index is -0.234. The molecule has 26 heavy (non-hydrogen) atoms. The minimum Gasteiger partial charge on any atom is -0.490 e. The number of rotatable bonds is 6. The molecule has 0 fully saturated rings. The van der Waals surface area contributed by atoms with Gasteiger partial charge in [-0.05, 0) is 38.8 Å². The molecule has 0 spiro atoms. The monoisotopic (exact) mass is 374 g/mol. The van der Waals surface area contributed by atoms with Gasteiger partial charge >= 0.3 is 0 Å². The maximum atomic E-state index is 11.4. The number of fused-ring (bicyclic) bond motifs is 1. The fraction of sp³-hybridized carbons (Fsp3) is 0.500. The summed E-state index contributed by atoms with van der Waals surface area (Å²) in [6.07, 6.45) is 2.63. The molecule has 0 saturated heterocycles.